The van der Waals surface area contributed by atoms with E-state index >= 15 is 0 Å². The van der Waals surface area contributed by atoms with Crippen LogP contribution in [-0.2, 0) is 10.8 Å². The zero-order valence-corrected chi connectivity index (χ0v) is 22.1. The molecule has 188 valence electrons. The Bertz CT molecular complexity index is 1340. The van der Waals surface area contributed by atoms with Gasteiger partial charge in [-0.05, 0) is 62.4 Å². The van der Waals surface area contributed by atoms with Crippen LogP contribution in [0.4, 0.5) is 10.1 Å². The summed E-state index contributed by atoms with van der Waals surface area (Å²) in [6.45, 7) is 5.22. The average molecular weight is 547 g/mol. The van der Waals surface area contributed by atoms with Crippen molar-refractivity contribution in [1.82, 2.24) is 4.90 Å². The molecule has 1 amide bonds. The Hall–Kier alpha value is -2.74. The molecule has 2 unspecified atom stereocenters. The summed E-state index contributed by atoms with van der Waals surface area (Å²) in [5, 5.41) is 0.785. The predicted octanol–water partition coefficient (Wildman–Crippen LogP) is 5.86. The number of Topliss-reactive ketones (excluding diaryl/α,β-unsaturated/α-hetero) is 1. The fraction of sp³-hybridized carbons (Fsp3) is 0.259. The van der Waals surface area contributed by atoms with Gasteiger partial charge in [-0.2, -0.15) is 0 Å². The number of ketones is 1. The molecule has 1 fully saturated rings. The van der Waals surface area contributed by atoms with Gasteiger partial charge in [0.1, 0.15) is 5.82 Å². The van der Waals surface area contributed by atoms with E-state index in [4.69, 9.17) is 23.2 Å². The Morgan fingerprint density at radius 2 is 1.72 bits per heavy atom. The first-order valence-corrected chi connectivity index (χ1v) is 13.5. The molecule has 36 heavy (non-hydrogen) atoms. The molecule has 3 aromatic carbocycles. The number of amides is 1. The lowest BCUT2D eigenvalue weighted by Crippen LogP contribution is -2.59. The summed E-state index contributed by atoms with van der Waals surface area (Å²) >= 11 is 12.5. The molecule has 0 aromatic heterocycles. The van der Waals surface area contributed by atoms with Gasteiger partial charge in [0.15, 0.2) is 5.78 Å². The number of hydrogen-bond acceptors (Lipinski definition) is 4. The van der Waals surface area contributed by atoms with Crippen LogP contribution in [0.25, 0.3) is 0 Å². The Balaban J connectivity index is 1.46. The molecule has 0 N–H and O–H groups in total. The van der Waals surface area contributed by atoms with Crippen LogP contribution in [-0.4, -0.2) is 51.7 Å². The van der Waals surface area contributed by atoms with Gasteiger partial charge < -0.3 is 9.80 Å². The van der Waals surface area contributed by atoms with E-state index in [9.17, 15) is 18.2 Å². The standard InChI is InChI=1S/C27H25Cl2FN2O3S/c1-17-18(2)32(13-12-31(17)21-7-5-6-20(28)15-21)27(34)19-10-11-26(23(29)14-19)36(35)16-25(33)22-8-3-4-9-24(22)30/h3-11,14-15,17-18H,12-13,16H2,1-2H3/t17?,18-,36?/m0/s1. The lowest BCUT2D eigenvalue weighted by molar-refractivity contribution is 0.0634. The number of hydrogen-bond donors (Lipinski definition) is 0. The summed E-state index contributed by atoms with van der Waals surface area (Å²) in [7, 11) is -1.79. The van der Waals surface area contributed by atoms with Crippen LogP contribution in [0.1, 0.15) is 34.6 Å². The molecular formula is C27H25Cl2FN2O3S. The largest absolute Gasteiger partial charge is 0.365 e. The summed E-state index contributed by atoms with van der Waals surface area (Å²) in [5.74, 6) is -1.83. The second-order valence-corrected chi connectivity index (χ2v) is 11.0. The number of piperazine rings is 1. The maximum Gasteiger partial charge on any atom is 0.254 e. The third kappa shape index (κ3) is 5.48. The van der Waals surface area contributed by atoms with Gasteiger partial charge in [-0.15, -0.1) is 0 Å². The molecule has 1 aliphatic heterocycles. The van der Waals surface area contributed by atoms with Gasteiger partial charge in [0.05, 0.1) is 32.0 Å². The van der Waals surface area contributed by atoms with E-state index in [1.807, 2.05) is 31.2 Å². The van der Waals surface area contributed by atoms with Crippen molar-refractivity contribution in [3.8, 4) is 0 Å². The van der Waals surface area contributed by atoms with Crippen LogP contribution < -0.4 is 4.90 Å². The number of rotatable bonds is 6. The number of nitrogens with zero attached hydrogens (tertiary/aromatic N) is 2. The number of benzene rings is 3. The Kier molecular flexibility index (Phi) is 8.13. The van der Waals surface area contributed by atoms with Crippen molar-refractivity contribution in [1.29, 1.82) is 0 Å². The van der Waals surface area contributed by atoms with E-state index in [2.05, 4.69) is 11.8 Å². The molecule has 1 heterocycles. The van der Waals surface area contributed by atoms with Gasteiger partial charge in [-0.1, -0.05) is 41.4 Å². The Morgan fingerprint density at radius 3 is 2.42 bits per heavy atom. The molecule has 1 saturated heterocycles. The minimum Gasteiger partial charge on any atom is -0.365 e. The molecule has 0 saturated carbocycles. The zero-order valence-electron chi connectivity index (χ0n) is 19.8. The fourth-order valence-corrected chi connectivity index (χ4v) is 6.06. The topological polar surface area (TPSA) is 57.7 Å². The SMILES string of the molecule is CC1[C@H](C)N(C(=O)c2ccc(S(=O)CC(=O)c3ccccc3F)c(Cl)c2)CCN1c1cccc(Cl)c1. The molecule has 0 radical (unpaired) electrons. The molecule has 3 atom stereocenters. The highest BCUT2D eigenvalue weighted by molar-refractivity contribution is 7.86. The molecule has 0 aliphatic carbocycles. The number of carbonyl (C=O) groups is 2. The molecular weight excluding hydrogens is 522 g/mol. The minimum absolute atomic E-state index is 0.0489. The van der Waals surface area contributed by atoms with E-state index in [0.717, 1.165) is 5.69 Å². The maximum absolute atomic E-state index is 13.9. The second-order valence-electron chi connectivity index (χ2n) is 8.69. The molecule has 9 heteroatoms. The number of halogens is 3. The first-order chi connectivity index (χ1) is 17.2. The van der Waals surface area contributed by atoms with E-state index < -0.39 is 28.2 Å². The monoisotopic (exact) mass is 546 g/mol. The van der Waals surface area contributed by atoms with E-state index in [1.165, 1.54) is 30.3 Å². The van der Waals surface area contributed by atoms with Crippen LogP contribution in [0.15, 0.2) is 71.6 Å². The zero-order chi connectivity index (χ0) is 26.0. The Morgan fingerprint density at radius 1 is 0.972 bits per heavy atom. The van der Waals surface area contributed by atoms with Crippen molar-refractivity contribution in [3.05, 3.63) is 93.7 Å². The van der Waals surface area contributed by atoms with Crippen molar-refractivity contribution in [3.63, 3.8) is 0 Å². The molecule has 0 spiro atoms. The smallest absolute Gasteiger partial charge is 0.254 e. The third-order valence-electron chi connectivity index (χ3n) is 6.52. The maximum atomic E-state index is 13.9. The normalized spacial score (nSPS) is 18.7. The average Bonchev–Trinajstić information content (AvgIpc) is 2.85. The van der Waals surface area contributed by atoms with Crippen molar-refractivity contribution in [2.75, 3.05) is 23.7 Å². The van der Waals surface area contributed by atoms with Crippen LogP contribution in [0.2, 0.25) is 10.0 Å². The summed E-state index contributed by atoms with van der Waals surface area (Å²) in [6.07, 6.45) is 0. The summed E-state index contributed by atoms with van der Waals surface area (Å²) < 4.78 is 26.7. The quantitative estimate of drug-likeness (QED) is 0.363. The van der Waals surface area contributed by atoms with Gasteiger partial charge in [-0.25, -0.2) is 4.39 Å². The number of carbonyl (C=O) groups excluding carboxylic acids is 2. The van der Waals surface area contributed by atoms with Gasteiger partial charge in [0, 0.05) is 41.4 Å². The third-order valence-corrected chi connectivity index (χ3v) is 8.56. The highest BCUT2D eigenvalue weighted by atomic mass is 35.5. The van der Waals surface area contributed by atoms with E-state index in [-0.39, 0.29) is 33.5 Å². The summed E-state index contributed by atoms with van der Waals surface area (Å²) in [4.78, 5) is 30.0. The fourth-order valence-electron chi connectivity index (χ4n) is 4.40. The van der Waals surface area contributed by atoms with Gasteiger partial charge in [0.25, 0.3) is 5.91 Å². The van der Waals surface area contributed by atoms with Crippen molar-refractivity contribution >= 4 is 51.4 Å². The van der Waals surface area contributed by atoms with E-state index in [0.29, 0.717) is 23.7 Å². The van der Waals surface area contributed by atoms with Crippen LogP contribution >= 0.6 is 23.2 Å². The molecule has 4 rings (SSSR count). The van der Waals surface area contributed by atoms with Crippen molar-refractivity contribution in [2.24, 2.45) is 0 Å². The van der Waals surface area contributed by atoms with Gasteiger partial charge in [-0.3, -0.25) is 13.8 Å². The minimum atomic E-state index is -1.79. The van der Waals surface area contributed by atoms with Crippen molar-refractivity contribution in [2.45, 2.75) is 30.8 Å². The lowest BCUT2D eigenvalue weighted by atomic mass is 10.0. The highest BCUT2D eigenvalue weighted by Crippen LogP contribution is 2.29. The molecule has 5 nitrogen and oxygen atoms in total. The van der Waals surface area contributed by atoms with Crippen LogP contribution in [0.5, 0.6) is 0 Å². The first-order valence-electron chi connectivity index (χ1n) is 11.5. The predicted molar refractivity (Wildman–Crippen MR) is 142 cm³/mol. The van der Waals surface area contributed by atoms with Crippen LogP contribution in [0.3, 0.4) is 0 Å². The van der Waals surface area contributed by atoms with Crippen molar-refractivity contribution < 1.29 is 18.2 Å². The molecule has 0 bridgehead atoms. The second kappa shape index (κ2) is 11.1. The molecule has 3 aromatic rings. The number of anilines is 1. The lowest BCUT2D eigenvalue weighted by Gasteiger charge is -2.46. The Labute approximate surface area is 222 Å². The summed E-state index contributed by atoms with van der Waals surface area (Å²) in [6, 6.07) is 17.7. The molecule has 1 aliphatic rings. The van der Waals surface area contributed by atoms with E-state index in [1.54, 1.807) is 17.0 Å². The first kappa shape index (κ1) is 26.3. The van der Waals surface area contributed by atoms with Crippen LogP contribution in [0, 0.1) is 5.82 Å². The summed E-state index contributed by atoms with van der Waals surface area (Å²) in [5.41, 5.74) is 1.26. The highest BCUT2D eigenvalue weighted by Gasteiger charge is 2.34. The van der Waals surface area contributed by atoms with Gasteiger partial charge in [0.2, 0.25) is 0 Å². The van der Waals surface area contributed by atoms with Gasteiger partial charge >= 0.3 is 0 Å².